The summed E-state index contributed by atoms with van der Waals surface area (Å²) in [6.45, 7) is 1.85. The van der Waals surface area contributed by atoms with Gasteiger partial charge in [0.05, 0.1) is 11.5 Å². The first-order valence-electron chi connectivity index (χ1n) is 6.70. The van der Waals surface area contributed by atoms with Crippen LogP contribution in [-0.2, 0) is 21.4 Å². The lowest BCUT2D eigenvalue weighted by Crippen LogP contribution is -2.16. The van der Waals surface area contributed by atoms with E-state index in [-0.39, 0.29) is 4.90 Å². The minimum Gasteiger partial charge on any atom is -0.380 e. The first kappa shape index (κ1) is 16.9. The number of nitro benzene ring substituents is 1. The summed E-state index contributed by atoms with van der Waals surface area (Å²) in [7, 11) is -2.55. The van der Waals surface area contributed by atoms with Gasteiger partial charge in [-0.2, -0.15) is 0 Å². The molecule has 0 aliphatic carbocycles. The van der Waals surface area contributed by atoms with E-state index in [1.54, 1.807) is 24.3 Å². The number of anilines is 1. The third kappa shape index (κ3) is 3.85. The predicted molar refractivity (Wildman–Crippen MR) is 85.8 cm³/mol. The Balaban J connectivity index is 2.44. The highest BCUT2D eigenvalue weighted by molar-refractivity contribution is 7.93. The number of rotatable bonds is 6. The van der Waals surface area contributed by atoms with Crippen molar-refractivity contribution in [2.45, 2.75) is 18.4 Å². The molecule has 0 unspecified atom stereocenters. The van der Waals surface area contributed by atoms with Gasteiger partial charge in [0.15, 0.2) is 4.90 Å². The summed E-state index contributed by atoms with van der Waals surface area (Å²) < 4.78 is 32.5. The summed E-state index contributed by atoms with van der Waals surface area (Å²) in [5.74, 6) is 0. The molecule has 0 heterocycles. The van der Waals surface area contributed by atoms with Crippen LogP contribution in [0.15, 0.2) is 47.4 Å². The summed E-state index contributed by atoms with van der Waals surface area (Å²) in [4.78, 5) is 10.1. The number of aryl methyl sites for hydroxylation is 1. The molecule has 0 radical (unpaired) electrons. The van der Waals surface area contributed by atoms with Crippen molar-refractivity contribution < 1.29 is 18.1 Å². The summed E-state index contributed by atoms with van der Waals surface area (Å²) in [5.41, 5.74) is 0.953. The van der Waals surface area contributed by atoms with Crippen LogP contribution >= 0.6 is 0 Å². The lowest BCUT2D eigenvalue weighted by molar-refractivity contribution is -0.387. The van der Waals surface area contributed by atoms with Crippen molar-refractivity contribution in [1.82, 2.24) is 0 Å². The molecule has 0 aromatic heterocycles. The van der Waals surface area contributed by atoms with E-state index >= 15 is 0 Å². The molecule has 0 aliphatic heterocycles. The zero-order valence-electron chi connectivity index (χ0n) is 12.6. The second-order valence-electron chi connectivity index (χ2n) is 4.92. The Hall–Kier alpha value is -2.45. The van der Waals surface area contributed by atoms with Crippen molar-refractivity contribution in [3.8, 4) is 0 Å². The maximum absolute atomic E-state index is 12.6. The Morgan fingerprint density at radius 1 is 1.22 bits per heavy atom. The summed E-state index contributed by atoms with van der Waals surface area (Å²) in [5, 5.41) is 11.1. The second kappa shape index (κ2) is 6.76. The number of nitrogens with one attached hydrogen (secondary N) is 1. The lowest BCUT2D eigenvalue weighted by Gasteiger charge is -2.11. The van der Waals surface area contributed by atoms with Gasteiger partial charge < -0.3 is 4.74 Å². The number of benzene rings is 2. The van der Waals surface area contributed by atoms with Crippen LogP contribution in [0.3, 0.4) is 0 Å². The maximum Gasteiger partial charge on any atom is 0.290 e. The Bertz CT molecular complexity index is 834. The summed E-state index contributed by atoms with van der Waals surface area (Å²) in [6, 6.07) is 10.8. The fourth-order valence-electron chi connectivity index (χ4n) is 2.23. The van der Waals surface area contributed by atoms with Crippen molar-refractivity contribution in [1.29, 1.82) is 0 Å². The van der Waals surface area contributed by atoms with Gasteiger partial charge in [-0.15, -0.1) is 0 Å². The van der Waals surface area contributed by atoms with Gasteiger partial charge >= 0.3 is 0 Å². The van der Waals surface area contributed by atoms with E-state index in [0.717, 1.165) is 5.56 Å². The average molecular weight is 336 g/mol. The first-order valence-corrected chi connectivity index (χ1v) is 8.18. The monoisotopic (exact) mass is 336 g/mol. The van der Waals surface area contributed by atoms with Crippen LogP contribution < -0.4 is 4.72 Å². The first-order chi connectivity index (χ1) is 10.8. The van der Waals surface area contributed by atoms with Crippen molar-refractivity contribution in [2.24, 2.45) is 0 Å². The van der Waals surface area contributed by atoms with Crippen LogP contribution in [0.25, 0.3) is 0 Å². The lowest BCUT2D eigenvalue weighted by atomic mass is 10.2. The largest absolute Gasteiger partial charge is 0.380 e. The molecule has 0 saturated carbocycles. The molecule has 0 amide bonds. The second-order valence-corrected chi connectivity index (χ2v) is 6.54. The standard InChI is InChI=1S/C15H16N2O5S/c1-11-5-3-8-14(17(18)19)15(11)23(20,21)16-13-7-4-6-12(9-13)10-22-2/h3-9,16H,10H2,1-2H3. The summed E-state index contributed by atoms with van der Waals surface area (Å²) >= 11 is 0. The summed E-state index contributed by atoms with van der Waals surface area (Å²) in [6.07, 6.45) is 0. The molecule has 122 valence electrons. The van der Waals surface area contributed by atoms with Crippen LogP contribution in [0.4, 0.5) is 11.4 Å². The molecule has 0 spiro atoms. The average Bonchev–Trinajstić information content (AvgIpc) is 2.46. The fourth-order valence-corrected chi connectivity index (χ4v) is 3.68. The van der Waals surface area contributed by atoms with Gasteiger partial charge in [-0.05, 0) is 30.2 Å². The molecule has 0 saturated heterocycles. The van der Waals surface area contributed by atoms with E-state index in [4.69, 9.17) is 4.74 Å². The van der Waals surface area contributed by atoms with E-state index in [0.29, 0.717) is 17.9 Å². The molecule has 0 atom stereocenters. The Morgan fingerprint density at radius 2 is 1.91 bits per heavy atom. The number of nitro groups is 1. The highest BCUT2D eigenvalue weighted by Gasteiger charge is 2.27. The van der Waals surface area contributed by atoms with Crippen LogP contribution in [0, 0.1) is 17.0 Å². The van der Waals surface area contributed by atoms with Gasteiger partial charge in [-0.3, -0.25) is 14.8 Å². The quantitative estimate of drug-likeness (QED) is 0.646. The number of hydrogen-bond acceptors (Lipinski definition) is 5. The topological polar surface area (TPSA) is 98.5 Å². The van der Waals surface area contributed by atoms with Gasteiger partial charge in [0.1, 0.15) is 0 Å². The van der Waals surface area contributed by atoms with E-state index < -0.39 is 20.6 Å². The Kier molecular flexibility index (Phi) is 4.97. The molecule has 0 bridgehead atoms. The van der Waals surface area contributed by atoms with Crippen molar-refractivity contribution in [3.63, 3.8) is 0 Å². The van der Waals surface area contributed by atoms with E-state index in [2.05, 4.69) is 4.72 Å². The third-order valence-electron chi connectivity index (χ3n) is 3.15. The van der Waals surface area contributed by atoms with E-state index in [1.165, 1.54) is 32.2 Å². The molecule has 0 fully saturated rings. The van der Waals surface area contributed by atoms with Crippen molar-refractivity contribution in [3.05, 3.63) is 63.7 Å². The zero-order valence-corrected chi connectivity index (χ0v) is 13.5. The Labute approximate surface area is 134 Å². The van der Waals surface area contributed by atoms with Crippen molar-refractivity contribution >= 4 is 21.4 Å². The molecule has 23 heavy (non-hydrogen) atoms. The minimum atomic E-state index is -4.08. The van der Waals surface area contributed by atoms with Gasteiger partial charge in [-0.25, -0.2) is 8.42 Å². The van der Waals surface area contributed by atoms with E-state index in [9.17, 15) is 18.5 Å². The molecule has 0 aliphatic rings. The maximum atomic E-state index is 12.6. The number of methoxy groups -OCH3 is 1. The molecule has 1 N–H and O–H groups in total. The predicted octanol–water partition coefficient (Wildman–Crippen LogP) is 2.85. The molecular formula is C15H16N2O5S. The third-order valence-corrected chi connectivity index (χ3v) is 4.72. The highest BCUT2D eigenvalue weighted by atomic mass is 32.2. The number of nitrogens with zero attached hydrogens (tertiary/aromatic N) is 1. The van der Waals surface area contributed by atoms with Crippen LogP contribution in [-0.4, -0.2) is 20.5 Å². The zero-order chi connectivity index (χ0) is 17.0. The Morgan fingerprint density at radius 3 is 2.57 bits per heavy atom. The molecule has 2 rings (SSSR count). The number of ether oxygens (including phenoxy) is 1. The van der Waals surface area contributed by atoms with Gasteiger partial charge in [-0.1, -0.05) is 24.3 Å². The smallest absolute Gasteiger partial charge is 0.290 e. The molecule has 2 aromatic carbocycles. The fraction of sp³-hybridized carbons (Fsp3) is 0.200. The van der Waals surface area contributed by atoms with Crippen LogP contribution in [0.2, 0.25) is 0 Å². The normalized spacial score (nSPS) is 11.2. The van der Waals surface area contributed by atoms with Gasteiger partial charge in [0.25, 0.3) is 15.7 Å². The van der Waals surface area contributed by atoms with Crippen LogP contribution in [0.5, 0.6) is 0 Å². The molecular weight excluding hydrogens is 320 g/mol. The van der Waals surface area contributed by atoms with Crippen molar-refractivity contribution in [2.75, 3.05) is 11.8 Å². The molecule has 8 heteroatoms. The van der Waals surface area contributed by atoms with Crippen LogP contribution in [0.1, 0.15) is 11.1 Å². The number of hydrogen-bond donors (Lipinski definition) is 1. The van der Waals surface area contributed by atoms with Gasteiger partial charge in [0.2, 0.25) is 0 Å². The molecule has 2 aromatic rings. The highest BCUT2D eigenvalue weighted by Crippen LogP contribution is 2.28. The molecule has 7 nitrogen and oxygen atoms in total. The number of sulfonamides is 1. The van der Waals surface area contributed by atoms with E-state index in [1.807, 2.05) is 0 Å². The van der Waals surface area contributed by atoms with Gasteiger partial charge in [0, 0.05) is 18.9 Å². The SMILES string of the molecule is COCc1cccc(NS(=O)(=O)c2c(C)cccc2[N+](=O)[O-])c1. The minimum absolute atomic E-state index is 0.305.